The van der Waals surface area contributed by atoms with Crippen molar-refractivity contribution in [3.63, 3.8) is 0 Å². The Kier molecular flexibility index (Phi) is 61.5. The molecule has 0 rings (SSSR count). The van der Waals surface area contributed by atoms with Crippen LogP contribution >= 0.6 is 0 Å². The lowest BCUT2D eigenvalue weighted by atomic mass is 9.10. The van der Waals surface area contributed by atoms with E-state index >= 15 is 0 Å². The molecule has 0 saturated carbocycles. The van der Waals surface area contributed by atoms with E-state index in [9.17, 15) is 0 Å². The standard InChI is InChI=1S/C104H4B2/c1-5-9-13-17-21-25-29-33-37-41-45-49-53-57-61-65-69-73-77-81-85-89-93-97-101-105(102-98-94-90-86-82-78-74-70-66-62-58-54-50-46-42-38-34-30-26-22-18-14-10-6-2)106(103-99-95-91-87-83-79-75-71-67-63-59-55-51-47-43-39-35-31-27-23-19-15-11-7-3)104-100-96-92-88-84-80-76-72-68-64-60-56-52-48-44-40-36-32-28-24-20-16-12-8-4/h1-4H. The van der Waals surface area contributed by atoms with Gasteiger partial charge in [0.2, 0.25) is 0 Å². The molecule has 0 aromatic rings. The maximum Gasteiger partial charge on any atom is 0.317 e. The molecule has 426 valence electrons. The summed E-state index contributed by atoms with van der Waals surface area (Å²) in [5.74, 6) is 251. The van der Waals surface area contributed by atoms with E-state index in [1.165, 1.54) is 0 Å². The van der Waals surface area contributed by atoms with Crippen LogP contribution in [0.2, 0.25) is 0 Å². The first-order valence-corrected chi connectivity index (χ1v) is 26.6. The fourth-order valence-electron chi connectivity index (χ4n) is 3.63. The molecule has 0 amide bonds. The summed E-state index contributed by atoms with van der Waals surface area (Å²) < 4.78 is 0. The summed E-state index contributed by atoms with van der Waals surface area (Å²) in [5.41, 5.74) is 0. The Morgan fingerprint density at radius 3 is 0.198 bits per heavy atom. The number of rotatable bonds is 1. The molecule has 0 atom stereocenters. The van der Waals surface area contributed by atoms with Crippen molar-refractivity contribution in [3.05, 3.63) is 0 Å². The number of hydrogen-bond acceptors (Lipinski definition) is 0. The third-order valence-electron chi connectivity index (χ3n) is 7.03. The van der Waals surface area contributed by atoms with Gasteiger partial charge in [-0.2, -0.15) is 0 Å². The van der Waals surface area contributed by atoms with E-state index in [-0.39, 0.29) is 0 Å². The predicted molar refractivity (Wildman–Crippen MR) is 420 cm³/mol. The van der Waals surface area contributed by atoms with E-state index in [2.05, 4.69) is 592 Å². The maximum absolute atomic E-state index is 4.99. The van der Waals surface area contributed by atoms with Gasteiger partial charge in [0.05, 0.1) is 0 Å². The summed E-state index contributed by atoms with van der Waals surface area (Å²) in [7, 11) is 0. The predicted octanol–water partition coefficient (Wildman–Crippen LogP) is -0.0928. The molecule has 0 saturated heterocycles. The second kappa shape index (κ2) is 78.3. The van der Waals surface area contributed by atoms with Gasteiger partial charge in [0.1, 0.15) is 0 Å². The quantitative estimate of drug-likeness (QED) is 0.255. The molecule has 0 spiro atoms. The first-order valence-electron chi connectivity index (χ1n) is 26.6. The van der Waals surface area contributed by atoms with Gasteiger partial charge in [-0.3, -0.25) is 0 Å². The van der Waals surface area contributed by atoms with Crippen LogP contribution in [-0.2, 0) is 0 Å². The van der Waals surface area contributed by atoms with Crippen LogP contribution in [0.3, 0.4) is 0 Å². The minimum atomic E-state index is -0.934. The molecule has 2 heteroatoms. The van der Waals surface area contributed by atoms with Gasteiger partial charge >= 0.3 is 13.2 Å². The molecule has 0 aliphatic rings. The largest absolute Gasteiger partial charge is 0.317 e. The fourth-order valence-corrected chi connectivity index (χ4v) is 3.63. The first-order chi connectivity index (χ1) is 52.8. The van der Waals surface area contributed by atoms with Crippen LogP contribution in [0.15, 0.2) is 0 Å². The average molecular weight is 1270 g/mol. The second-order valence-corrected chi connectivity index (χ2v) is 13.6. The molecule has 0 aliphatic heterocycles. The lowest BCUT2D eigenvalue weighted by molar-refractivity contribution is 2.32. The normalized spacial score (nSPS) is 4.15. The zero-order chi connectivity index (χ0) is 75.9. The molecule has 0 aromatic heterocycles. The molecular formula is C104H4B2. The van der Waals surface area contributed by atoms with Crippen LogP contribution in [0, 0.1) is 617 Å². The van der Waals surface area contributed by atoms with E-state index in [1.54, 1.807) is 0 Å². The molecule has 0 fully saturated rings. The summed E-state index contributed by atoms with van der Waals surface area (Å²) in [6, 6.07) is 0. The van der Waals surface area contributed by atoms with E-state index in [0.29, 0.717) is 0 Å². The van der Waals surface area contributed by atoms with Gasteiger partial charge in [-0.15, -0.1) is 49.0 Å². The molecule has 0 aliphatic carbocycles. The SMILES string of the molecule is C#CC#CC#CC#CC#CC#CC#CC#CC#CC#CC#CC#CC#CB(C#CC#CC#CC#CC#CC#CC#CC#CC#CC#CC#CC#CC#C)B(C#CC#CC#CC#CC#CC#CC#CC#CC#CC#CC#CC#CC#C)C#CC#CC#CC#CC#CC#CC#CC#CC#CC#CC#CC#CC#C. The maximum atomic E-state index is 4.99. The van der Waals surface area contributed by atoms with Crippen LogP contribution in [0.4, 0.5) is 0 Å². The van der Waals surface area contributed by atoms with E-state index < -0.39 is 13.2 Å². The number of hydrogen-bond donors (Lipinski definition) is 0. The van der Waals surface area contributed by atoms with Crippen molar-refractivity contribution in [1.82, 2.24) is 0 Å². The van der Waals surface area contributed by atoms with Gasteiger partial charge in [-0.1, -0.05) is 0 Å². The first kappa shape index (κ1) is 83.2. The Morgan fingerprint density at radius 1 is 0.0755 bits per heavy atom. The smallest absolute Gasteiger partial charge is 0.130 e. The van der Waals surface area contributed by atoms with Gasteiger partial charge in [0.15, 0.2) is 0 Å². The van der Waals surface area contributed by atoms with Gasteiger partial charge < -0.3 is 0 Å². The van der Waals surface area contributed by atoms with Crippen LogP contribution in [0.5, 0.6) is 0 Å². The number of terminal acetylenes is 4. The Morgan fingerprint density at radius 2 is 0.132 bits per heavy atom. The summed E-state index contributed by atoms with van der Waals surface area (Å²) in [4.78, 5) is 0. The van der Waals surface area contributed by atoms with E-state index in [1.807, 2.05) is 0 Å². The average Bonchev–Trinajstić information content (AvgIpc) is 1.71. The molecule has 106 heavy (non-hydrogen) atoms. The highest BCUT2D eigenvalue weighted by Gasteiger charge is 2.24. The minimum Gasteiger partial charge on any atom is -0.130 e. The van der Waals surface area contributed by atoms with Crippen molar-refractivity contribution >= 4 is 13.2 Å². The lowest BCUT2D eigenvalue weighted by Gasteiger charge is -1.95. The lowest BCUT2D eigenvalue weighted by Crippen LogP contribution is -2.32. The molecule has 0 radical (unpaired) electrons. The molecule has 0 heterocycles. The Labute approximate surface area is 626 Å². The van der Waals surface area contributed by atoms with Gasteiger partial charge in [-0.05, 0) is 379 Å². The van der Waals surface area contributed by atoms with Crippen LogP contribution in [0.25, 0.3) is 0 Å². The Hall–Kier alpha value is -22.8. The summed E-state index contributed by atoms with van der Waals surface area (Å²) in [6.07, 6.45) is 20.0. The Balaban J connectivity index is 7.25. The van der Waals surface area contributed by atoms with E-state index in [4.69, 9.17) is 25.7 Å². The third-order valence-corrected chi connectivity index (χ3v) is 7.03. The molecule has 0 aromatic carbocycles. The third kappa shape index (κ3) is 72.0. The van der Waals surface area contributed by atoms with Gasteiger partial charge in [0.25, 0.3) is 0 Å². The molecule has 0 bridgehead atoms. The van der Waals surface area contributed by atoms with Crippen molar-refractivity contribution in [2.24, 2.45) is 0 Å². The zero-order valence-corrected chi connectivity index (χ0v) is 53.5. The zero-order valence-electron chi connectivity index (χ0n) is 53.5. The highest BCUT2D eigenvalue weighted by Crippen LogP contribution is 1.88. The summed E-state index contributed by atoms with van der Waals surface area (Å²) >= 11 is 0. The highest BCUT2D eigenvalue weighted by molar-refractivity contribution is 7.35. The second-order valence-electron chi connectivity index (χ2n) is 13.6. The molecule has 0 N–H and O–H groups in total. The Bertz CT molecular complexity index is 6550. The molecule has 0 nitrogen and oxygen atoms in total. The highest BCUT2D eigenvalue weighted by atomic mass is 13.7. The van der Waals surface area contributed by atoms with Gasteiger partial charge in [0, 0.05) is 189 Å². The summed E-state index contributed by atoms with van der Waals surface area (Å²) in [6.45, 7) is -1.87. The van der Waals surface area contributed by atoms with Crippen molar-refractivity contribution in [3.8, 4) is 617 Å². The van der Waals surface area contributed by atoms with Crippen molar-refractivity contribution < 1.29 is 0 Å². The van der Waals surface area contributed by atoms with E-state index in [0.717, 1.165) is 0 Å². The van der Waals surface area contributed by atoms with Crippen molar-refractivity contribution in [2.45, 2.75) is 0 Å². The van der Waals surface area contributed by atoms with Crippen LogP contribution in [0.1, 0.15) is 0 Å². The summed E-state index contributed by atoms with van der Waals surface area (Å²) in [5, 5.41) is 0. The van der Waals surface area contributed by atoms with Crippen LogP contribution in [-0.4, -0.2) is 13.2 Å². The molecular weight excluding hydrogens is 1270 g/mol. The van der Waals surface area contributed by atoms with Crippen molar-refractivity contribution in [2.75, 3.05) is 0 Å². The monoisotopic (exact) mass is 1270 g/mol. The van der Waals surface area contributed by atoms with Crippen LogP contribution < -0.4 is 0 Å². The topological polar surface area (TPSA) is 0 Å². The fraction of sp³-hybridized carbons (Fsp3) is 0. The molecule has 0 unspecified atom stereocenters. The minimum absolute atomic E-state index is 0.934. The van der Waals surface area contributed by atoms with Gasteiger partial charge in [-0.25, -0.2) is 0 Å². The van der Waals surface area contributed by atoms with Crippen molar-refractivity contribution in [1.29, 1.82) is 0 Å².